The molecule has 0 aromatic heterocycles. The van der Waals surface area contributed by atoms with Crippen LogP contribution in [-0.2, 0) is 0 Å². The summed E-state index contributed by atoms with van der Waals surface area (Å²) in [5, 5.41) is 0. The normalized spacial score (nSPS) is 23.3. The van der Waals surface area contributed by atoms with E-state index in [2.05, 4.69) is 19.3 Å². The van der Waals surface area contributed by atoms with Crippen molar-refractivity contribution < 1.29 is 0 Å². The van der Waals surface area contributed by atoms with Gasteiger partial charge in [-0.05, 0) is 31.1 Å². The molecule has 0 aliphatic heterocycles. The maximum atomic E-state index is 5.65. The standard InChI is InChI=1S/C11H24N2/c1-3-7-10(13-12)11(4-2)8-5-6-9-11/h10,13H,3-9,12H2,1-2H3. The molecule has 0 heterocycles. The van der Waals surface area contributed by atoms with Gasteiger partial charge in [-0.3, -0.25) is 11.3 Å². The Morgan fingerprint density at radius 2 is 1.92 bits per heavy atom. The predicted octanol–water partition coefficient (Wildman–Crippen LogP) is 2.59. The summed E-state index contributed by atoms with van der Waals surface area (Å²) in [6.07, 6.45) is 9.28. The van der Waals surface area contributed by atoms with Gasteiger partial charge in [-0.2, -0.15) is 0 Å². The van der Waals surface area contributed by atoms with Gasteiger partial charge in [0, 0.05) is 6.04 Å². The van der Waals surface area contributed by atoms with E-state index in [1.54, 1.807) is 0 Å². The third-order valence-electron chi connectivity index (χ3n) is 3.82. The molecule has 1 unspecified atom stereocenters. The van der Waals surface area contributed by atoms with Crippen molar-refractivity contribution in [2.24, 2.45) is 11.3 Å². The zero-order valence-electron chi connectivity index (χ0n) is 9.10. The molecule has 0 bridgehead atoms. The van der Waals surface area contributed by atoms with Crippen LogP contribution in [0.3, 0.4) is 0 Å². The minimum Gasteiger partial charge on any atom is -0.271 e. The van der Waals surface area contributed by atoms with E-state index in [-0.39, 0.29) is 0 Å². The first-order chi connectivity index (χ1) is 6.29. The average Bonchev–Trinajstić information content (AvgIpc) is 2.63. The second kappa shape index (κ2) is 4.97. The number of rotatable bonds is 5. The molecule has 1 aliphatic rings. The maximum absolute atomic E-state index is 5.65. The Bertz CT molecular complexity index is 139. The molecule has 0 aromatic carbocycles. The van der Waals surface area contributed by atoms with Crippen LogP contribution in [0, 0.1) is 5.41 Å². The second-order valence-electron chi connectivity index (χ2n) is 4.43. The SMILES string of the molecule is CCCC(NN)C1(CC)CCCC1. The predicted molar refractivity (Wildman–Crippen MR) is 57.2 cm³/mol. The first-order valence-corrected chi connectivity index (χ1v) is 5.75. The van der Waals surface area contributed by atoms with Crippen molar-refractivity contribution in [3.8, 4) is 0 Å². The first-order valence-electron chi connectivity index (χ1n) is 5.75. The van der Waals surface area contributed by atoms with E-state index in [4.69, 9.17) is 5.84 Å². The Hall–Kier alpha value is -0.0800. The minimum absolute atomic E-state index is 0.519. The maximum Gasteiger partial charge on any atom is 0.0266 e. The van der Waals surface area contributed by atoms with Gasteiger partial charge in [-0.25, -0.2) is 0 Å². The third-order valence-corrected chi connectivity index (χ3v) is 3.82. The lowest BCUT2D eigenvalue weighted by atomic mass is 9.75. The smallest absolute Gasteiger partial charge is 0.0266 e. The van der Waals surface area contributed by atoms with Gasteiger partial charge in [-0.1, -0.05) is 33.1 Å². The molecule has 2 heteroatoms. The molecule has 1 atom stereocenters. The van der Waals surface area contributed by atoms with Crippen molar-refractivity contribution in [1.82, 2.24) is 5.43 Å². The number of nitrogens with one attached hydrogen (secondary N) is 1. The highest BCUT2D eigenvalue weighted by molar-refractivity contribution is 4.92. The Morgan fingerprint density at radius 3 is 2.31 bits per heavy atom. The summed E-state index contributed by atoms with van der Waals surface area (Å²) in [6.45, 7) is 4.55. The highest BCUT2D eigenvalue weighted by atomic mass is 15.2. The van der Waals surface area contributed by atoms with Gasteiger partial charge in [0.1, 0.15) is 0 Å². The summed E-state index contributed by atoms with van der Waals surface area (Å²) in [5.41, 5.74) is 3.56. The number of hydrazine groups is 1. The molecule has 0 aromatic rings. The molecule has 13 heavy (non-hydrogen) atoms. The molecule has 1 aliphatic carbocycles. The lowest BCUT2D eigenvalue weighted by Crippen LogP contribution is -2.47. The fraction of sp³-hybridized carbons (Fsp3) is 1.00. The van der Waals surface area contributed by atoms with Crippen LogP contribution in [0.1, 0.15) is 58.8 Å². The van der Waals surface area contributed by atoms with E-state index in [0.717, 1.165) is 0 Å². The second-order valence-corrected chi connectivity index (χ2v) is 4.43. The van der Waals surface area contributed by atoms with Gasteiger partial charge in [0.15, 0.2) is 0 Å². The summed E-state index contributed by atoms with van der Waals surface area (Å²) < 4.78 is 0. The van der Waals surface area contributed by atoms with Crippen molar-refractivity contribution in [3.63, 3.8) is 0 Å². The Balaban J connectivity index is 2.60. The van der Waals surface area contributed by atoms with Crippen LogP contribution < -0.4 is 11.3 Å². The van der Waals surface area contributed by atoms with Crippen molar-refractivity contribution in [1.29, 1.82) is 0 Å². The highest BCUT2D eigenvalue weighted by Crippen LogP contribution is 2.44. The lowest BCUT2D eigenvalue weighted by molar-refractivity contribution is 0.176. The van der Waals surface area contributed by atoms with Crippen LogP contribution in [-0.4, -0.2) is 6.04 Å². The Labute approximate surface area is 82.2 Å². The van der Waals surface area contributed by atoms with Crippen LogP contribution in [0.4, 0.5) is 0 Å². The van der Waals surface area contributed by atoms with Gasteiger partial charge in [0.25, 0.3) is 0 Å². The Morgan fingerprint density at radius 1 is 1.31 bits per heavy atom. The van der Waals surface area contributed by atoms with Crippen LogP contribution >= 0.6 is 0 Å². The zero-order valence-corrected chi connectivity index (χ0v) is 9.10. The van der Waals surface area contributed by atoms with Gasteiger partial charge in [-0.15, -0.1) is 0 Å². The molecular formula is C11H24N2. The molecule has 0 saturated heterocycles. The Kier molecular flexibility index (Phi) is 4.20. The molecule has 0 spiro atoms. The molecule has 1 fully saturated rings. The molecular weight excluding hydrogens is 160 g/mol. The zero-order chi connectivity index (χ0) is 9.73. The van der Waals surface area contributed by atoms with Crippen LogP contribution in [0.25, 0.3) is 0 Å². The summed E-state index contributed by atoms with van der Waals surface area (Å²) in [5.74, 6) is 5.65. The molecule has 3 N–H and O–H groups in total. The summed E-state index contributed by atoms with van der Waals surface area (Å²) in [4.78, 5) is 0. The molecule has 0 amide bonds. The summed E-state index contributed by atoms with van der Waals surface area (Å²) in [7, 11) is 0. The van der Waals surface area contributed by atoms with Crippen LogP contribution in [0.15, 0.2) is 0 Å². The summed E-state index contributed by atoms with van der Waals surface area (Å²) in [6, 6.07) is 0.546. The number of hydrogen-bond acceptors (Lipinski definition) is 2. The molecule has 78 valence electrons. The molecule has 1 saturated carbocycles. The van der Waals surface area contributed by atoms with Crippen molar-refractivity contribution in [2.75, 3.05) is 0 Å². The van der Waals surface area contributed by atoms with E-state index in [9.17, 15) is 0 Å². The first kappa shape index (κ1) is 11.0. The quantitative estimate of drug-likeness (QED) is 0.509. The molecule has 2 nitrogen and oxygen atoms in total. The highest BCUT2D eigenvalue weighted by Gasteiger charge is 2.38. The fourth-order valence-electron chi connectivity index (χ4n) is 2.88. The number of hydrogen-bond donors (Lipinski definition) is 2. The van der Waals surface area contributed by atoms with Crippen molar-refractivity contribution in [3.05, 3.63) is 0 Å². The largest absolute Gasteiger partial charge is 0.271 e. The molecule has 0 radical (unpaired) electrons. The third kappa shape index (κ3) is 2.23. The van der Waals surface area contributed by atoms with Crippen molar-refractivity contribution in [2.45, 2.75) is 64.8 Å². The van der Waals surface area contributed by atoms with E-state index in [1.165, 1.54) is 44.9 Å². The minimum atomic E-state index is 0.519. The fourth-order valence-corrected chi connectivity index (χ4v) is 2.88. The van der Waals surface area contributed by atoms with Crippen LogP contribution in [0.5, 0.6) is 0 Å². The van der Waals surface area contributed by atoms with Gasteiger partial charge in [0.2, 0.25) is 0 Å². The van der Waals surface area contributed by atoms with E-state index in [0.29, 0.717) is 11.5 Å². The number of nitrogens with two attached hydrogens (primary N) is 1. The van der Waals surface area contributed by atoms with E-state index in [1.807, 2.05) is 0 Å². The van der Waals surface area contributed by atoms with Gasteiger partial charge < -0.3 is 0 Å². The van der Waals surface area contributed by atoms with Crippen molar-refractivity contribution >= 4 is 0 Å². The monoisotopic (exact) mass is 184 g/mol. The van der Waals surface area contributed by atoms with E-state index < -0.39 is 0 Å². The topological polar surface area (TPSA) is 38.0 Å². The molecule has 1 rings (SSSR count). The average molecular weight is 184 g/mol. The van der Waals surface area contributed by atoms with Crippen LogP contribution in [0.2, 0.25) is 0 Å². The summed E-state index contributed by atoms with van der Waals surface area (Å²) >= 11 is 0. The van der Waals surface area contributed by atoms with E-state index >= 15 is 0 Å². The lowest BCUT2D eigenvalue weighted by Gasteiger charge is -2.36. The van der Waals surface area contributed by atoms with Gasteiger partial charge >= 0.3 is 0 Å². The van der Waals surface area contributed by atoms with Gasteiger partial charge in [0.05, 0.1) is 0 Å².